The van der Waals surface area contributed by atoms with Gasteiger partial charge in [-0.1, -0.05) is 30.3 Å². The molecule has 0 aliphatic heterocycles. The Kier molecular flexibility index (Phi) is 5.32. The van der Waals surface area contributed by atoms with E-state index in [1.54, 1.807) is 24.3 Å². The molecule has 8 heteroatoms. The third-order valence-electron chi connectivity index (χ3n) is 5.00. The van der Waals surface area contributed by atoms with Crippen molar-refractivity contribution in [2.75, 3.05) is 0 Å². The van der Waals surface area contributed by atoms with Crippen molar-refractivity contribution in [3.05, 3.63) is 90.1 Å². The van der Waals surface area contributed by atoms with Crippen molar-refractivity contribution in [3.63, 3.8) is 0 Å². The van der Waals surface area contributed by atoms with Crippen molar-refractivity contribution >= 4 is 26.9 Å². The van der Waals surface area contributed by atoms with E-state index in [1.165, 1.54) is 42.6 Å². The second-order valence-corrected chi connectivity index (χ2v) is 8.83. The molecule has 0 bridgehead atoms. The van der Waals surface area contributed by atoms with Crippen LogP contribution < -0.4 is 0 Å². The van der Waals surface area contributed by atoms with Gasteiger partial charge in [0.15, 0.2) is 0 Å². The molecule has 0 saturated carbocycles. The molecule has 1 heterocycles. The van der Waals surface area contributed by atoms with E-state index >= 15 is 0 Å². The van der Waals surface area contributed by atoms with Gasteiger partial charge in [0.05, 0.1) is 10.4 Å². The molecular formula is C23H17F2NO4S. The fraction of sp³-hybridized carbons (Fsp3) is 0.0870. The molecule has 3 aromatic carbocycles. The summed E-state index contributed by atoms with van der Waals surface area (Å²) in [6.07, 6.45) is 1.14. The highest BCUT2D eigenvalue weighted by molar-refractivity contribution is 7.90. The smallest absolute Gasteiger partial charge is 0.303 e. The van der Waals surface area contributed by atoms with Crippen LogP contribution in [0.1, 0.15) is 12.0 Å². The van der Waals surface area contributed by atoms with Crippen molar-refractivity contribution < 1.29 is 27.1 Å². The van der Waals surface area contributed by atoms with Crippen LogP contribution in [-0.4, -0.2) is 23.5 Å². The van der Waals surface area contributed by atoms with E-state index in [4.69, 9.17) is 5.11 Å². The molecule has 158 valence electrons. The van der Waals surface area contributed by atoms with E-state index in [2.05, 4.69) is 0 Å². The summed E-state index contributed by atoms with van der Waals surface area (Å²) in [5.41, 5.74) is 1.30. The lowest BCUT2D eigenvalue weighted by atomic mass is 10.1. The Labute approximate surface area is 177 Å². The van der Waals surface area contributed by atoms with Crippen molar-refractivity contribution in [1.82, 2.24) is 3.97 Å². The van der Waals surface area contributed by atoms with Gasteiger partial charge in [-0.25, -0.2) is 21.2 Å². The number of carbonyl (C=O) groups is 1. The molecule has 5 nitrogen and oxygen atoms in total. The summed E-state index contributed by atoms with van der Waals surface area (Å²) in [6, 6.07) is 15.6. The fourth-order valence-electron chi connectivity index (χ4n) is 3.51. The van der Waals surface area contributed by atoms with E-state index in [9.17, 15) is 22.0 Å². The normalized spacial score (nSPS) is 11.7. The minimum atomic E-state index is -4.12. The highest BCUT2D eigenvalue weighted by Crippen LogP contribution is 2.30. The average Bonchev–Trinajstić information content (AvgIpc) is 3.11. The Morgan fingerprint density at radius 2 is 1.74 bits per heavy atom. The number of halogens is 2. The second kappa shape index (κ2) is 7.96. The Hall–Kier alpha value is -3.52. The summed E-state index contributed by atoms with van der Waals surface area (Å²) >= 11 is 0. The zero-order valence-corrected chi connectivity index (χ0v) is 16.9. The molecule has 31 heavy (non-hydrogen) atoms. The van der Waals surface area contributed by atoms with Gasteiger partial charge >= 0.3 is 5.97 Å². The number of rotatable bonds is 6. The molecule has 1 N–H and O–H groups in total. The van der Waals surface area contributed by atoms with Gasteiger partial charge in [-0.3, -0.25) is 4.79 Å². The lowest BCUT2D eigenvalue weighted by Gasteiger charge is -2.10. The highest BCUT2D eigenvalue weighted by Gasteiger charge is 2.22. The Bertz CT molecular complexity index is 1410. The number of aliphatic carboxylic acids is 1. The molecule has 1 aromatic heterocycles. The first-order valence-corrected chi connectivity index (χ1v) is 10.8. The fourth-order valence-corrected chi connectivity index (χ4v) is 4.95. The Morgan fingerprint density at radius 1 is 0.968 bits per heavy atom. The number of hydrogen-bond donors (Lipinski definition) is 1. The summed E-state index contributed by atoms with van der Waals surface area (Å²) in [6.45, 7) is 0. The standard InChI is InChI=1S/C23H17F2NO4S/c24-17-9-10-22-20(13-17)16(8-11-23(27)28)14-26(22)31(29,30)18-5-3-4-15(12-18)19-6-1-2-7-21(19)25/h1-7,9-10,12-14H,8,11H2,(H,27,28). The summed E-state index contributed by atoms with van der Waals surface area (Å²) in [4.78, 5) is 10.9. The highest BCUT2D eigenvalue weighted by atomic mass is 32.2. The van der Waals surface area contributed by atoms with Crippen LogP contribution in [0.4, 0.5) is 8.78 Å². The molecule has 0 atom stereocenters. The molecule has 0 saturated heterocycles. The maximum atomic E-state index is 14.2. The van der Waals surface area contributed by atoms with E-state index in [0.29, 0.717) is 16.5 Å². The molecule has 0 fully saturated rings. The van der Waals surface area contributed by atoms with Gasteiger partial charge in [-0.05, 0) is 53.9 Å². The third-order valence-corrected chi connectivity index (χ3v) is 6.67. The molecular weight excluding hydrogens is 424 g/mol. The third kappa shape index (κ3) is 3.94. The number of hydrogen-bond acceptors (Lipinski definition) is 3. The summed E-state index contributed by atoms with van der Waals surface area (Å²) < 4.78 is 55.8. The summed E-state index contributed by atoms with van der Waals surface area (Å²) in [7, 11) is -4.12. The maximum Gasteiger partial charge on any atom is 0.303 e. The second-order valence-electron chi connectivity index (χ2n) is 7.02. The number of carboxylic acid groups (broad SMARTS) is 1. The van der Waals surface area contributed by atoms with Gasteiger partial charge in [0, 0.05) is 23.6 Å². The largest absolute Gasteiger partial charge is 0.481 e. The lowest BCUT2D eigenvalue weighted by molar-refractivity contribution is -0.136. The number of nitrogens with zero attached hydrogens (tertiary/aromatic N) is 1. The molecule has 0 spiro atoms. The molecule has 0 unspecified atom stereocenters. The van der Waals surface area contributed by atoms with E-state index < -0.39 is 27.6 Å². The van der Waals surface area contributed by atoms with Crippen LogP contribution in [0.25, 0.3) is 22.0 Å². The minimum absolute atomic E-state index is 0.0487. The van der Waals surface area contributed by atoms with Crippen LogP contribution in [0.15, 0.2) is 77.8 Å². The zero-order valence-electron chi connectivity index (χ0n) is 16.1. The zero-order chi connectivity index (χ0) is 22.2. The van der Waals surface area contributed by atoms with Crippen LogP contribution in [0.5, 0.6) is 0 Å². The van der Waals surface area contributed by atoms with E-state index in [0.717, 1.165) is 10.0 Å². The van der Waals surface area contributed by atoms with Crippen molar-refractivity contribution in [1.29, 1.82) is 0 Å². The van der Waals surface area contributed by atoms with Gasteiger partial charge in [0.1, 0.15) is 11.6 Å². The number of benzene rings is 3. The molecule has 4 aromatic rings. The van der Waals surface area contributed by atoms with Crippen LogP contribution >= 0.6 is 0 Å². The summed E-state index contributed by atoms with van der Waals surface area (Å²) in [5.74, 6) is -2.08. The molecule has 0 radical (unpaired) electrons. The first-order chi connectivity index (χ1) is 14.8. The van der Waals surface area contributed by atoms with Crippen molar-refractivity contribution in [2.45, 2.75) is 17.7 Å². The van der Waals surface area contributed by atoms with Gasteiger partial charge in [0.2, 0.25) is 0 Å². The van der Waals surface area contributed by atoms with Gasteiger partial charge in [0.25, 0.3) is 10.0 Å². The molecule has 0 aliphatic carbocycles. The quantitative estimate of drug-likeness (QED) is 0.465. The number of aromatic nitrogens is 1. The maximum absolute atomic E-state index is 14.2. The van der Waals surface area contributed by atoms with Gasteiger partial charge in [-0.2, -0.15) is 0 Å². The molecule has 4 rings (SSSR count). The number of carboxylic acids is 1. The SMILES string of the molecule is O=C(O)CCc1cn(S(=O)(=O)c2cccc(-c3ccccc3F)c2)c2ccc(F)cc12. The van der Waals surface area contributed by atoms with Crippen molar-refractivity contribution in [2.24, 2.45) is 0 Å². The average molecular weight is 441 g/mol. The predicted molar refractivity (Wildman–Crippen MR) is 112 cm³/mol. The van der Waals surface area contributed by atoms with Gasteiger partial charge in [-0.15, -0.1) is 0 Å². The van der Waals surface area contributed by atoms with Crippen molar-refractivity contribution in [3.8, 4) is 11.1 Å². The van der Waals surface area contributed by atoms with Crippen LogP contribution in [-0.2, 0) is 21.2 Å². The number of aryl methyl sites for hydroxylation is 1. The summed E-state index contributed by atoms with van der Waals surface area (Å²) in [5, 5.41) is 9.31. The van der Waals surface area contributed by atoms with E-state index in [-0.39, 0.29) is 28.8 Å². The number of fused-ring (bicyclic) bond motifs is 1. The lowest BCUT2D eigenvalue weighted by Crippen LogP contribution is -2.12. The van der Waals surface area contributed by atoms with E-state index in [1.807, 2.05) is 0 Å². The monoisotopic (exact) mass is 441 g/mol. The first-order valence-electron chi connectivity index (χ1n) is 9.39. The molecule has 0 amide bonds. The Morgan fingerprint density at radius 3 is 2.48 bits per heavy atom. The topological polar surface area (TPSA) is 76.4 Å². The van der Waals surface area contributed by atoms with Crippen LogP contribution in [0, 0.1) is 11.6 Å². The Balaban J connectivity index is 1.85. The van der Waals surface area contributed by atoms with Crippen LogP contribution in [0.3, 0.4) is 0 Å². The molecule has 0 aliphatic rings. The van der Waals surface area contributed by atoms with Gasteiger partial charge < -0.3 is 5.11 Å². The first kappa shape index (κ1) is 20.7. The predicted octanol–water partition coefficient (Wildman–Crippen LogP) is 4.84. The minimum Gasteiger partial charge on any atom is -0.481 e. The van der Waals surface area contributed by atoms with Crippen LogP contribution in [0.2, 0.25) is 0 Å².